The summed E-state index contributed by atoms with van der Waals surface area (Å²) in [4.78, 5) is 41.4. The van der Waals surface area contributed by atoms with Crippen molar-refractivity contribution in [3.63, 3.8) is 0 Å². The molecular weight excluding hydrogens is 430 g/mol. The highest BCUT2D eigenvalue weighted by molar-refractivity contribution is 6.01. The molecule has 4 rings (SSSR count). The van der Waals surface area contributed by atoms with Crippen molar-refractivity contribution in [3.05, 3.63) is 52.8 Å². The fraction of sp³-hybridized carbons (Fsp3) is 0.538. The van der Waals surface area contributed by atoms with Crippen LogP contribution in [0.25, 0.3) is 0 Å². The van der Waals surface area contributed by atoms with E-state index in [9.17, 15) is 14.4 Å². The van der Waals surface area contributed by atoms with Gasteiger partial charge < -0.3 is 15.5 Å². The quantitative estimate of drug-likeness (QED) is 0.626. The molecule has 0 bridgehead atoms. The van der Waals surface area contributed by atoms with E-state index in [1.54, 1.807) is 11.0 Å². The van der Waals surface area contributed by atoms with Gasteiger partial charge in [0.2, 0.25) is 5.91 Å². The van der Waals surface area contributed by atoms with Crippen LogP contribution in [0, 0.1) is 6.92 Å². The summed E-state index contributed by atoms with van der Waals surface area (Å²) in [6.45, 7) is 6.97. The number of amides is 3. The van der Waals surface area contributed by atoms with E-state index in [0.29, 0.717) is 18.8 Å². The van der Waals surface area contributed by atoms with E-state index in [1.807, 2.05) is 38.1 Å². The first-order chi connectivity index (χ1) is 16.3. The largest absolute Gasteiger partial charge is 0.351 e. The number of nitrogens with one attached hydrogen (secondary N) is 2. The summed E-state index contributed by atoms with van der Waals surface area (Å²) in [6.07, 6.45) is 5.90. The molecule has 1 fully saturated rings. The van der Waals surface area contributed by atoms with Crippen LogP contribution in [0.4, 0.5) is 0 Å². The van der Waals surface area contributed by atoms with E-state index < -0.39 is 5.54 Å². The summed E-state index contributed by atoms with van der Waals surface area (Å²) < 4.78 is 1.53. The van der Waals surface area contributed by atoms with Gasteiger partial charge in [-0.15, -0.1) is 0 Å². The summed E-state index contributed by atoms with van der Waals surface area (Å²) in [5.41, 5.74) is 1.61. The molecule has 1 saturated carbocycles. The van der Waals surface area contributed by atoms with Crippen LogP contribution in [0.5, 0.6) is 0 Å². The molecule has 0 radical (unpaired) electrons. The van der Waals surface area contributed by atoms with Crippen molar-refractivity contribution in [3.8, 4) is 0 Å². The smallest absolute Gasteiger partial charge is 0.273 e. The van der Waals surface area contributed by atoms with Gasteiger partial charge in [-0.1, -0.05) is 50.5 Å². The lowest BCUT2D eigenvalue weighted by Crippen LogP contribution is -2.65. The maximum absolute atomic E-state index is 13.5. The molecule has 3 amide bonds. The monoisotopic (exact) mass is 465 g/mol. The summed E-state index contributed by atoms with van der Waals surface area (Å²) in [7, 11) is 0. The van der Waals surface area contributed by atoms with Crippen molar-refractivity contribution in [2.45, 2.75) is 84.0 Å². The van der Waals surface area contributed by atoms with Gasteiger partial charge in [-0.3, -0.25) is 19.1 Å². The number of benzene rings is 1. The van der Waals surface area contributed by atoms with Crippen LogP contribution in [-0.4, -0.2) is 50.5 Å². The van der Waals surface area contributed by atoms with Crippen LogP contribution in [0.1, 0.15) is 84.5 Å². The molecule has 2 N–H and O–H groups in total. The van der Waals surface area contributed by atoms with Crippen molar-refractivity contribution in [1.29, 1.82) is 0 Å². The van der Waals surface area contributed by atoms with E-state index in [-0.39, 0.29) is 36.0 Å². The van der Waals surface area contributed by atoms with Gasteiger partial charge in [0.1, 0.15) is 11.2 Å². The Labute approximate surface area is 201 Å². The van der Waals surface area contributed by atoms with E-state index in [1.165, 1.54) is 4.68 Å². The van der Waals surface area contributed by atoms with Crippen LogP contribution in [0.15, 0.2) is 30.3 Å². The topological polar surface area (TPSA) is 96.3 Å². The number of aromatic nitrogens is 2. The zero-order chi connectivity index (χ0) is 24.3. The Balaban J connectivity index is 1.55. The number of carbonyl (C=O) groups is 3. The third kappa shape index (κ3) is 4.72. The van der Waals surface area contributed by atoms with Crippen LogP contribution in [0.2, 0.25) is 0 Å². The van der Waals surface area contributed by atoms with E-state index in [4.69, 9.17) is 0 Å². The predicted octanol–water partition coefficient (Wildman–Crippen LogP) is 3.19. The molecule has 34 heavy (non-hydrogen) atoms. The molecule has 1 aromatic heterocycles. The second-order valence-electron chi connectivity index (χ2n) is 9.72. The second kappa shape index (κ2) is 9.99. The number of rotatable bonds is 8. The minimum atomic E-state index is -1.05. The standard InChI is InChI=1S/C26H35N5O3/c1-4-5-14-30-24(33)22-15-21(23(32)27-16-19-11-7-6-10-18(19)2)29-31(22)17-26(30,3)25(34)28-20-12-8-9-13-20/h6-7,10-11,15,20H,4-5,8-9,12-14,16-17H2,1-3H3,(H,27,32)(H,28,34)/t26-/m1/s1. The Morgan fingerprint density at radius 2 is 1.94 bits per heavy atom. The summed E-state index contributed by atoms with van der Waals surface area (Å²) in [6, 6.07) is 9.57. The molecule has 0 saturated heterocycles. The second-order valence-corrected chi connectivity index (χ2v) is 9.72. The van der Waals surface area contributed by atoms with Gasteiger partial charge in [-0.05, 0) is 44.2 Å². The third-order valence-corrected chi connectivity index (χ3v) is 7.15. The Hall–Kier alpha value is -3.16. The molecule has 1 aliphatic carbocycles. The molecule has 182 valence electrons. The van der Waals surface area contributed by atoms with Gasteiger partial charge >= 0.3 is 0 Å². The Morgan fingerprint density at radius 3 is 2.65 bits per heavy atom. The third-order valence-electron chi connectivity index (χ3n) is 7.15. The van der Waals surface area contributed by atoms with Gasteiger partial charge in [-0.25, -0.2) is 0 Å². The lowest BCUT2D eigenvalue weighted by atomic mass is 9.94. The van der Waals surface area contributed by atoms with Crippen LogP contribution in [0.3, 0.4) is 0 Å². The Bertz CT molecular complexity index is 1070. The van der Waals surface area contributed by atoms with Crippen LogP contribution in [-0.2, 0) is 17.9 Å². The van der Waals surface area contributed by atoms with Gasteiger partial charge in [-0.2, -0.15) is 5.10 Å². The summed E-state index contributed by atoms with van der Waals surface area (Å²) in [5.74, 6) is -0.736. The number of carbonyl (C=O) groups excluding carboxylic acids is 3. The van der Waals surface area contributed by atoms with Crippen molar-refractivity contribution in [2.75, 3.05) is 6.54 Å². The molecule has 2 aromatic rings. The highest BCUT2D eigenvalue weighted by Crippen LogP contribution is 2.29. The van der Waals surface area contributed by atoms with Crippen molar-refractivity contribution in [2.24, 2.45) is 0 Å². The first-order valence-corrected chi connectivity index (χ1v) is 12.4. The number of nitrogens with zero attached hydrogens (tertiary/aromatic N) is 3. The highest BCUT2D eigenvalue weighted by Gasteiger charge is 2.48. The van der Waals surface area contributed by atoms with E-state index in [2.05, 4.69) is 22.7 Å². The zero-order valence-corrected chi connectivity index (χ0v) is 20.4. The molecule has 8 heteroatoms. The fourth-order valence-electron chi connectivity index (χ4n) is 4.90. The molecule has 1 atom stereocenters. The molecule has 2 aliphatic rings. The van der Waals surface area contributed by atoms with Crippen LogP contribution < -0.4 is 10.6 Å². The zero-order valence-electron chi connectivity index (χ0n) is 20.4. The lowest BCUT2D eigenvalue weighted by Gasteiger charge is -2.43. The Kier molecular flexibility index (Phi) is 7.05. The van der Waals surface area contributed by atoms with Gasteiger partial charge in [0.15, 0.2) is 5.69 Å². The van der Waals surface area contributed by atoms with Gasteiger partial charge in [0.05, 0.1) is 6.54 Å². The normalized spacial score (nSPS) is 20.3. The average Bonchev–Trinajstić information content (AvgIpc) is 3.48. The maximum atomic E-state index is 13.5. The summed E-state index contributed by atoms with van der Waals surface area (Å²) >= 11 is 0. The van der Waals surface area contributed by atoms with Gasteiger partial charge in [0.25, 0.3) is 11.8 Å². The first-order valence-electron chi connectivity index (χ1n) is 12.4. The van der Waals surface area contributed by atoms with E-state index >= 15 is 0 Å². The average molecular weight is 466 g/mol. The summed E-state index contributed by atoms with van der Waals surface area (Å²) in [5, 5.41) is 10.5. The molecule has 1 aromatic carbocycles. The number of aryl methyl sites for hydroxylation is 1. The number of fused-ring (bicyclic) bond motifs is 1. The van der Waals surface area contributed by atoms with Crippen molar-refractivity contribution in [1.82, 2.24) is 25.3 Å². The SMILES string of the molecule is CCCCN1C(=O)c2cc(C(=O)NCc3ccccc3C)nn2C[C@]1(C)C(=O)NC1CCCC1. The molecular formula is C26H35N5O3. The fourth-order valence-corrected chi connectivity index (χ4v) is 4.90. The number of hydrogen-bond acceptors (Lipinski definition) is 4. The maximum Gasteiger partial charge on any atom is 0.273 e. The van der Waals surface area contributed by atoms with Crippen LogP contribution >= 0.6 is 0 Å². The molecule has 8 nitrogen and oxygen atoms in total. The predicted molar refractivity (Wildman–Crippen MR) is 129 cm³/mol. The highest BCUT2D eigenvalue weighted by atomic mass is 16.2. The number of unbranched alkanes of at least 4 members (excludes halogenated alkanes) is 1. The number of hydrogen-bond donors (Lipinski definition) is 2. The molecule has 0 unspecified atom stereocenters. The lowest BCUT2D eigenvalue weighted by molar-refractivity contribution is -0.133. The van der Waals surface area contributed by atoms with E-state index in [0.717, 1.165) is 49.7 Å². The molecule has 2 heterocycles. The molecule has 0 spiro atoms. The molecule has 1 aliphatic heterocycles. The minimum absolute atomic E-state index is 0.143. The van der Waals surface area contributed by atoms with Gasteiger partial charge in [0, 0.05) is 25.2 Å². The minimum Gasteiger partial charge on any atom is -0.351 e. The van der Waals surface area contributed by atoms with Crippen molar-refractivity contribution >= 4 is 17.7 Å². The first kappa shape index (κ1) is 24.0. The van der Waals surface area contributed by atoms with Crippen molar-refractivity contribution < 1.29 is 14.4 Å². The Morgan fingerprint density at radius 1 is 1.21 bits per heavy atom.